The van der Waals surface area contributed by atoms with E-state index in [1.165, 1.54) is 6.39 Å². The lowest BCUT2D eigenvalue weighted by molar-refractivity contribution is 0.415. The normalized spacial score (nSPS) is 11.4. The number of benzene rings is 1. The van der Waals surface area contributed by atoms with Gasteiger partial charge in [-0.05, 0) is 24.8 Å². The van der Waals surface area contributed by atoms with Gasteiger partial charge in [0.25, 0.3) is 0 Å². The summed E-state index contributed by atoms with van der Waals surface area (Å²) in [7, 11) is 1.66. The van der Waals surface area contributed by atoms with Gasteiger partial charge in [-0.2, -0.15) is 0 Å². The first kappa shape index (κ1) is 16.4. The van der Waals surface area contributed by atoms with Crippen LogP contribution in [0, 0.1) is 5.92 Å². The molecule has 0 amide bonds. The second-order valence-corrected chi connectivity index (χ2v) is 6.31. The number of methoxy groups -OCH3 is 1. The number of hydrogen-bond acceptors (Lipinski definition) is 5. The molecule has 2 aromatic heterocycles. The van der Waals surface area contributed by atoms with Crippen LogP contribution in [0.15, 0.2) is 29.1 Å². The fourth-order valence-corrected chi connectivity index (χ4v) is 2.78. The molecule has 0 aliphatic heterocycles. The lowest BCUT2D eigenvalue weighted by Gasteiger charge is -2.12. The maximum Gasteiger partial charge on any atom is 0.181 e. The summed E-state index contributed by atoms with van der Waals surface area (Å²) in [6.45, 7) is 6.55. The lowest BCUT2D eigenvalue weighted by atomic mass is 10.0. The average Bonchev–Trinajstić information content (AvgIpc) is 3.12. The van der Waals surface area contributed by atoms with E-state index in [1.54, 1.807) is 13.3 Å². The van der Waals surface area contributed by atoms with Gasteiger partial charge in [0.15, 0.2) is 12.2 Å². The van der Waals surface area contributed by atoms with Crippen LogP contribution in [0.2, 0.25) is 0 Å². The molecular formula is C19H23N3O2. The first-order valence-electron chi connectivity index (χ1n) is 8.38. The van der Waals surface area contributed by atoms with Gasteiger partial charge < -0.3 is 9.15 Å². The van der Waals surface area contributed by atoms with E-state index in [0.29, 0.717) is 11.7 Å². The van der Waals surface area contributed by atoms with Crippen LogP contribution in [-0.2, 0) is 12.8 Å². The Hall–Kier alpha value is -2.43. The number of ether oxygens (including phenoxy) is 1. The number of fused-ring (bicyclic) bond motifs is 1. The van der Waals surface area contributed by atoms with Gasteiger partial charge in [0.05, 0.1) is 30.1 Å². The Labute approximate surface area is 142 Å². The van der Waals surface area contributed by atoms with E-state index in [1.807, 2.05) is 12.1 Å². The molecule has 0 spiro atoms. The minimum atomic E-state index is 0.637. The lowest BCUT2D eigenvalue weighted by Crippen LogP contribution is -2.03. The first-order chi connectivity index (χ1) is 11.6. The Balaban J connectivity index is 2.13. The van der Waals surface area contributed by atoms with Crippen molar-refractivity contribution in [3.8, 4) is 17.1 Å². The van der Waals surface area contributed by atoms with Crippen molar-refractivity contribution in [2.75, 3.05) is 7.11 Å². The van der Waals surface area contributed by atoms with Crippen molar-refractivity contribution in [1.29, 1.82) is 0 Å². The third-order valence-corrected chi connectivity index (χ3v) is 4.12. The van der Waals surface area contributed by atoms with E-state index in [4.69, 9.17) is 19.1 Å². The molecule has 0 saturated heterocycles. The predicted molar refractivity (Wildman–Crippen MR) is 94.1 cm³/mol. The van der Waals surface area contributed by atoms with Gasteiger partial charge in [-0.3, -0.25) is 0 Å². The molecule has 0 bridgehead atoms. The second-order valence-electron chi connectivity index (χ2n) is 6.31. The predicted octanol–water partition coefficient (Wildman–Crippen LogP) is 4.44. The molecule has 1 aromatic carbocycles. The summed E-state index contributed by atoms with van der Waals surface area (Å²) < 4.78 is 11.0. The molecule has 2 heterocycles. The smallest absolute Gasteiger partial charge is 0.181 e. The highest BCUT2D eigenvalue weighted by Crippen LogP contribution is 2.34. The Morgan fingerprint density at radius 3 is 2.67 bits per heavy atom. The fraction of sp³-hybridized carbons (Fsp3) is 0.421. The maximum absolute atomic E-state index is 5.54. The molecule has 0 fully saturated rings. The van der Waals surface area contributed by atoms with Gasteiger partial charge in [-0.25, -0.2) is 15.0 Å². The van der Waals surface area contributed by atoms with E-state index >= 15 is 0 Å². The van der Waals surface area contributed by atoms with Gasteiger partial charge in [-0.15, -0.1) is 0 Å². The third-order valence-electron chi connectivity index (χ3n) is 4.12. The molecule has 0 aliphatic carbocycles. The number of oxazole rings is 1. The Kier molecular flexibility index (Phi) is 4.79. The quantitative estimate of drug-likeness (QED) is 0.670. The second kappa shape index (κ2) is 6.99. The van der Waals surface area contributed by atoms with E-state index in [9.17, 15) is 0 Å². The zero-order valence-corrected chi connectivity index (χ0v) is 14.7. The van der Waals surface area contributed by atoms with E-state index in [2.05, 4.69) is 25.8 Å². The number of aromatic nitrogens is 3. The molecular weight excluding hydrogens is 302 g/mol. The Morgan fingerprint density at radius 1 is 1.21 bits per heavy atom. The molecule has 0 saturated carbocycles. The molecule has 5 heteroatoms. The summed E-state index contributed by atoms with van der Waals surface area (Å²) in [6, 6.07) is 4.01. The summed E-state index contributed by atoms with van der Waals surface area (Å²) in [4.78, 5) is 13.5. The van der Waals surface area contributed by atoms with E-state index < -0.39 is 0 Å². The minimum absolute atomic E-state index is 0.637. The van der Waals surface area contributed by atoms with Crippen molar-refractivity contribution in [3.05, 3.63) is 36.2 Å². The third kappa shape index (κ3) is 3.25. The highest BCUT2D eigenvalue weighted by Gasteiger charge is 2.15. The van der Waals surface area contributed by atoms with E-state index in [0.717, 1.165) is 53.0 Å². The monoisotopic (exact) mass is 325 g/mol. The van der Waals surface area contributed by atoms with Gasteiger partial charge in [-0.1, -0.05) is 20.8 Å². The minimum Gasteiger partial charge on any atom is -0.496 e. The highest BCUT2D eigenvalue weighted by atomic mass is 16.5. The first-order valence-corrected chi connectivity index (χ1v) is 8.38. The molecule has 0 radical (unpaired) electrons. The number of hydrogen-bond donors (Lipinski definition) is 0. The number of rotatable bonds is 6. The van der Waals surface area contributed by atoms with Gasteiger partial charge >= 0.3 is 0 Å². The van der Waals surface area contributed by atoms with Crippen LogP contribution in [-0.4, -0.2) is 22.1 Å². The Morgan fingerprint density at radius 2 is 2.04 bits per heavy atom. The van der Waals surface area contributed by atoms with Crippen LogP contribution in [0.3, 0.4) is 0 Å². The average molecular weight is 325 g/mol. The molecule has 0 unspecified atom stereocenters. The number of nitrogens with zero attached hydrogens (tertiary/aromatic N) is 3. The van der Waals surface area contributed by atoms with Crippen LogP contribution >= 0.6 is 0 Å². The topological polar surface area (TPSA) is 61.0 Å². The van der Waals surface area contributed by atoms with Crippen molar-refractivity contribution in [1.82, 2.24) is 15.0 Å². The molecule has 0 aliphatic rings. The molecule has 0 N–H and O–H groups in total. The largest absolute Gasteiger partial charge is 0.496 e. The molecule has 126 valence electrons. The number of aryl methyl sites for hydroxylation is 2. The SMILES string of the molecule is CCc1nc(CCC(C)C)nc2cc(OC)c(-c3cnco3)cc12. The molecule has 24 heavy (non-hydrogen) atoms. The van der Waals surface area contributed by atoms with Crippen molar-refractivity contribution < 1.29 is 9.15 Å². The fourth-order valence-electron chi connectivity index (χ4n) is 2.78. The van der Waals surface area contributed by atoms with Gasteiger partial charge in [0.2, 0.25) is 0 Å². The summed E-state index contributed by atoms with van der Waals surface area (Å²) in [6.07, 6.45) is 5.95. The summed E-state index contributed by atoms with van der Waals surface area (Å²) in [5, 5.41) is 1.04. The van der Waals surface area contributed by atoms with Crippen LogP contribution in [0.25, 0.3) is 22.2 Å². The van der Waals surface area contributed by atoms with Crippen molar-refractivity contribution in [3.63, 3.8) is 0 Å². The molecule has 3 rings (SSSR count). The summed E-state index contributed by atoms with van der Waals surface area (Å²) in [5.74, 6) is 2.95. The molecule has 3 aromatic rings. The van der Waals surface area contributed by atoms with Crippen molar-refractivity contribution in [2.45, 2.75) is 40.0 Å². The van der Waals surface area contributed by atoms with Crippen LogP contribution in [0.5, 0.6) is 5.75 Å². The highest BCUT2D eigenvalue weighted by molar-refractivity contribution is 5.88. The summed E-state index contributed by atoms with van der Waals surface area (Å²) >= 11 is 0. The van der Waals surface area contributed by atoms with E-state index in [-0.39, 0.29) is 0 Å². The van der Waals surface area contributed by atoms with Crippen molar-refractivity contribution in [2.24, 2.45) is 5.92 Å². The van der Waals surface area contributed by atoms with Crippen molar-refractivity contribution >= 4 is 10.9 Å². The van der Waals surface area contributed by atoms with Gasteiger partial charge in [0, 0.05) is 17.9 Å². The van der Waals surface area contributed by atoms with Crippen LogP contribution in [0.1, 0.15) is 38.7 Å². The van der Waals surface area contributed by atoms with Gasteiger partial charge in [0.1, 0.15) is 11.6 Å². The summed E-state index contributed by atoms with van der Waals surface area (Å²) in [5.41, 5.74) is 2.85. The van der Waals surface area contributed by atoms with Crippen LogP contribution in [0.4, 0.5) is 0 Å². The zero-order chi connectivity index (χ0) is 17.1. The van der Waals surface area contributed by atoms with Crippen LogP contribution < -0.4 is 4.74 Å². The maximum atomic E-state index is 5.54. The molecule has 0 atom stereocenters. The zero-order valence-electron chi connectivity index (χ0n) is 14.7. The molecule has 5 nitrogen and oxygen atoms in total. The standard InChI is InChI=1S/C19H23N3O2/c1-5-15-13-8-14(18-10-20-11-24-18)17(23-4)9-16(13)22-19(21-15)7-6-12(2)3/h8-12H,5-7H2,1-4H3. The Bertz CT molecular complexity index is 826.